The summed E-state index contributed by atoms with van der Waals surface area (Å²) in [6.45, 7) is 0. The van der Waals surface area contributed by atoms with Crippen LogP contribution in [0.5, 0.6) is 0 Å². The average molecular weight is 311 g/mol. The van der Waals surface area contributed by atoms with E-state index in [4.69, 9.17) is 5.26 Å². The van der Waals surface area contributed by atoms with Crippen LogP contribution in [0.2, 0.25) is 0 Å². The van der Waals surface area contributed by atoms with Crippen LogP contribution < -0.4 is 4.72 Å². The predicted molar refractivity (Wildman–Crippen MR) is 57.1 cm³/mol. The number of nitriles is 1. The largest absolute Gasteiger partial charge is 0.277 e. The van der Waals surface area contributed by atoms with E-state index in [2.05, 4.69) is 15.9 Å². The number of benzene rings is 1. The highest BCUT2D eigenvalue weighted by molar-refractivity contribution is 9.10. The van der Waals surface area contributed by atoms with Crippen LogP contribution in [0.1, 0.15) is 0 Å². The van der Waals surface area contributed by atoms with Gasteiger partial charge >= 0.3 is 0 Å². The molecule has 0 aliphatic carbocycles. The molecule has 1 aromatic rings. The molecule has 16 heavy (non-hydrogen) atoms. The normalized spacial score (nSPS) is 10.9. The smallest absolute Gasteiger partial charge is 0.246 e. The standard InChI is InChI=1S/C8H5BrF2N2O2S/c9-5-3-6(10)8(7(11)4-5)13-16(14,15)2-1-12/h3-4,13H,2H2. The van der Waals surface area contributed by atoms with Gasteiger partial charge in [0.05, 0.1) is 6.07 Å². The molecule has 8 heteroatoms. The van der Waals surface area contributed by atoms with E-state index in [9.17, 15) is 17.2 Å². The van der Waals surface area contributed by atoms with Gasteiger partial charge in [-0.2, -0.15) is 5.26 Å². The van der Waals surface area contributed by atoms with Crippen LogP contribution in [0.25, 0.3) is 0 Å². The second-order valence-electron chi connectivity index (χ2n) is 2.76. The average Bonchev–Trinajstić information content (AvgIpc) is 2.11. The summed E-state index contributed by atoms with van der Waals surface area (Å²) in [6.07, 6.45) is 0. The molecule has 0 bridgehead atoms. The van der Waals surface area contributed by atoms with Crippen molar-refractivity contribution < 1.29 is 17.2 Å². The van der Waals surface area contributed by atoms with Crippen molar-refractivity contribution in [3.63, 3.8) is 0 Å². The van der Waals surface area contributed by atoms with Crippen molar-refractivity contribution in [2.45, 2.75) is 0 Å². The van der Waals surface area contributed by atoms with Crippen molar-refractivity contribution in [3.05, 3.63) is 28.2 Å². The lowest BCUT2D eigenvalue weighted by molar-refractivity contribution is 0.583. The lowest BCUT2D eigenvalue weighted by atomic mass is 10.3. The summed E-state index contributed by atoms with van der Waals surface area (Å²) < 4.78 is 50.4. The Morgan fingerprint density at radius 1 is 1.38 bits per heavy atom. The summed E-state index contributed by atoms with van der Waals surface area (Å²) in [5, 5.41) is 8.20. The van der Waals surface area contributed by atoms with Gasteiger partial charge in [0, 0.05) is 4.47 Å². The minimum atomic E-state index is -4.05. The molecule has 86 valence electrons. The molecule has 0 radical (unpaired) electrons. The highest BCUT2D eigenvalue weighted by Gasteiger charge is 2.17. The van der Waals surface area contributed by atoms with Crippen LogP contribution in [-0.4, -0.2) is 14.2 Å². The fourth-order valence-corrected chi connectivity index (χ4v) is 2.07. The van der Waals surface area contributed by atoms with Crippen LogP contribution in [0.3, 0.4) is 0 Å². The van der Waals surface area contributed by atoms with E-state index >= 15 is 0 Å². The van der Waals surface area contributed by atoms with Gasteiger partial charge in [0.1, 0.15) is 5.69 Å². The Morgan fingerprint density at radius 2 is 1.88 bits per heavy atom. The summed E-state index contributed by atoms with van der Waals surface area (Å²) in [5.41, 5.74) is -0.793. The van der Waals surface area contributed by atoms with Crippen LogP contribution in [0.4, 0.5) is 14.5 Å². The Hall–Kier alpha value is -1.20. The molecule has 1 N–H and O–H groups in total. The zero-order valence-corrected chi connectivity index (χ0v) is 10.1. The zero-order chi connectivity index (χ0) is 12.3. The number of nitrogens with one attached hydrogen (secondary N) is 1. The summed E-state index contributed by atoms with van der Waals surface area (Å²) in [6, 6.07) is 3.19. The highest BCUT2D eigenvalue weighted by Crippen LogP contribution is 2.24. The molecule has 0 atom stereocenters. The lowest BCUT2D eigenvalue weighted by Crippen LogP contribution is -2.17. The third-order valence-electron chi connectivity index (χ3n) is 1.52. The van der Waals surface area contributed by atoms with Crippen molar-refractivity contribution in [1.82, 2.24) is 0 Å². The molecule has 1 aromatic carbocycles. The Balaban J connectivity index is 3.13. The van der Waals surface area contributed by atoms with Gasteiger partial charge in [0.2, 0.25) is 10.0 Å². The van der Waals surface area contributed by atoms with Crippen molar-refractivity contribution in [3.8, 4) is 6.07 Å². The molecule has 0 aliphatic rings. The van der Waals surface area contributed by atoms with E-state index in [-0.39, 0.29) is 4.47 Å². The minimum absolute atomic E-state index is 0.144. The van der Waals surface area contributed by atoms with Crippen molar-refractivity contribution in [2.24, 2.45) is 0 Å². The maximum atomic E-state index is 13.2. The third kappa shape index (κ3) is 3.15. The van der Waals surface area contributed by atoms with Gasteiger partial charge in [0.25, 0.3) is 0 Å². The summed E-state index contributed by atoms with van der Waals surface area (Å²) in [5.74, 6) is -3.00. The van der Waals surface area contributed by atoms with Gasteiger partial charge in [-0.3, -0.25) is 4.72 Å². The quantitative estimate of drug-likeness (QED) is 0.928. The Morgan fingerprint density at radius 3 is 2.31 bits per heavy atom. The number of hydrogen-bond donors (Lipinski definition) is 1. The highest BCUT2D eigenvalue weighted by atomic mass is 79.9. The van der Waals surface area contributed by atoms with Crippen molar-refractivity contribution in [2.75, 3.05) is 10.5 Å². The molecular formula is C8H5BrF2N2O2S. The molecular weight excluding hydrogens is 306 g/mol. The van der Waals surface area contributed by atoms with Gasteiger partial charge < -0.3 is 0 Å². The number of rotatable bonds is 3. The Bertz CT molecular complexity index is 531. The summed E-state index contributed by atoms with van der Waals surface area (Å²) in [4.78, 5) is 0. The molecule has 0 aliphatic heterocycles. The zero-order valence-electron chi connectivity index (χ0n) is 7.67. The maximum Gasteiger partial charge on any atom is 0.246 e. The number of sulfonamides is 1. The van der Waals surface area contributed by atoms with E-state index in [0.717, 1.165) is 12.1 Å². The monoisotopic (exact) mass is 310 g/mol. The first-order valence-electron chi connectivity index (χ1n) is 3.87. The second-order valence-corrected chi connectivity index (χ2v) is 5.40. The van der Waals surface area contributed by atoms with E-state index < -0.39 is 33.1 Å². The van der Waals surface area contributed by atoms with Gasteiger partial charge in [-0.25, -0.2) is 17.2 Å². The topological polar surface area (TPSA) is 70.0 Å². The molecule has 0 amide bonds. The first-order valence-corrected chi connectivity index (χ1v) is 6.32. The first-order chi connectivity index (χ1) is 7.35. The molecule has 4 nitrogen and oxygen atoms in total. The second kappa shape index (κ2) is 4.76. The molecule has 0 heterocycles. The van der Waals surface area contributed by atoms with Crippen molar-refractivity contribution in [1.29, 1.82) is 5.26 Å². The number of nitrogens with zero attached hydrogens (tertiary/aromatic N) is 1. The molecule has 0 unspecified atom stereocenters. The summed E-state index contributed by atoms with van der Waals surface area (Å²) >= 11 is 2.85. The molecule has 0 fully saturated rings. The van der Waals surface area contributed by atoms with Crippen LogP contribution in [0.15, 0.2) is 16.6 Å². The first kappa shape index (κ1) is 12.9. The summed E-state index contributed by atoms with van der Waals surface area (Å²) in [7, 11) is -4.05. The number of hydrogen-bond acceptors (Lipinski definition) is 3. The van der Waals surface area contributed by atoms with Gasteiger partial charge in [0.15, 0.2) is 17.4 Å². The SMILES string of the molecule is N#CCS(=O)(=O)Nc1c(F)cc(Br)cc1F. The molecule has 0 spiro atoms. The minimum Gasteiger partial charge on any atom is -0.277 e. The Kier molecular flexibility index (Phi) is 3.83. The Labute approximate surface area is 99.1 Å². The van der Waals surface area contributed by atoms with E-state index in [1.807, 2.05) is 0 Å². The van der Waals surface area contributed by atoms with Crippen molar-refractivity contribution >= 4 is 31.6 Å². The van der Waals surface area contributed by atoms with Crippen LogP contribution in [0, 0.1) is 23.0 Å². The lowest BCUT2D eigenvalue weighted by Gasteiger charge is -2.07. The maximum absolute atomic E-state index is 13.2. The van der Waals surface area contributed by atoms with Crippen LogP contribution >= 0.6 is 15.9 Å². The fourth-order valence-electron chi connectivity index (χ4n) is 0.916. The van der Waals surface area contributed by atoms with Gasteiger partial charge in [-0.15, -0.1) is 0 Å². The fraction of sp³-hybridized carbons (Fsp3) is 0.125. The molecule has 0 saturated carbocycles. The predicted octanol–water partition coefficient (Wildman–Crippen LogP) is 1.99. The van der Waals surface area contributed by atoms with E-state index in [1.54, 1.807) is 4.72 Å². The number of anilines is 1. The van der Waals surface area contributed by atoms with E-state index in [0.29, 0.717) is 0 Å². The van der Waals surface area contributed by atoms with Gasteiger partial charge in [-0.1, -0.05) is 15.9 Å². The van der Waals surface area contributed by atoms with E-state index in [1.165, 1.54) is 6.07 Å². The van der Waals surface area contributed by atoms with Crippen LogP contribution in [-0.2, 0) is 10.0 Å². The molecule has 0 saturated heterocycles. The van der Waals surface area contributed by atoms with Gasteiger partial charge in [-0.05, 0) is 12.1 Å². The third-order valence-corrected chi connectivity index (χ3v) is 3.00. The molecule has 0 aromatic heterocycles. The molecule has 1 rings (SSSR count). The number of halogens is 3.